The fourth-order valence-electron chi connectivity index (χ4n) is 2.98. The third-order valence-electron chi connectivity index (χ3n) is 4.47. The van der Waals surface area contributed by atoms with Gasteiger partial charge in [-0.25, -0.2) is 9.97 Å². The van der Waals surface area contributed by atoms with Gasteiger partial charge in [0.2, 0.25) is 0 Å². The summed E-state index contributed by atoms with van der Waals surface area (Å²) in [6.07, 6.45) is 5.68. The number of benzene rings is 1. The Bertz CT molecular complexity index is 887. The molecule has 0 unspecified atom stereocenters. The SMILES string of the molecule is CCc1ccc2nc(N3CCN(C(=O)c4cnccn4)CC3)sc2c1. The zero-order chi connectivity index (χ0) is 17.2. The van der Waals surface area contributed by atoms with Crippen molar-refractivity contribution in [2.24, 2.45) is 0 Å². The highest BCUT2D eigenvalue weighted by Crippen LogP contribution is 2.30. The molecule has 0 saturated carbocycles. The average molecular weight is 353 g/mol. The van der Waals surface area contributed by atoms with Gasteiger partial charge in [0.1, 0.15) is 5.69 Å². The van der Waals surface area contributed by atoms with E-state index in [1.54, 1.807) is 23.7 Å². The molecular weight excluding hydrogens is 334 g/mol. The van der Waals surface area contributed by atoms with Gasteiger partial charge >= 0.3 is 0 Å². The summed E-state index contributed by atoms with van der Waals surface area (Å²) in [5.41, 5.74) is 2.79. The Morgan fingerprint density at radius 1 is 1.20 bits per heavy atom. The zero-order valence-corrected chi connectivity index (χ0v) is 14.9. The number of rotatable bonds is 3. The van der Waals surface area contributed by atoms with Crippen LogP contribution >= 0.6 is 11.3 Å². The van der Waals surface area contributed by atoms with E-state index >= 15 is 0 Å². The maximum Gasteiger partial charge on any atom is 0.274 e. The molecule has 0 bridgehead atoms. The minimum atomic E-state index is -0.0513. The van der Waals surface area contributed by atoms with Crippen molar-refractivity contribution < 1.29 is 4.79 Å². The molecule has 2 aromatic heterocycles. The molecule has 1 amide bonds. The fourth-order valence-corrected chi connectivity index (χ4v) is 4.07. The van der Waals surface area contributed by atoms with E-state index in [1.165, 1.54) is 16.5 Å². The third kappa shape index (κ3) is 3.19. The van der Waals surface area contributed by atoms with Crippen LogP contribution < -0.4 is 4.90 Å². The van der Waals surface area contributed by atoms with E-state index in [2.05, 4.69) is 40.0 Å². The van der Waals surface area contributed by atoms with E-state index in [0.29, 0.717) is 18.8 Å². The molecule has 1 aliphatic rings. The van der Waals surface area contributed by atoms with E-state index < -0.39 is 0 Å². The zero-order valence-electron chi connectivity index (χ0n) is 14.1. The summed E-state index contributed by atoms with van der Waals surface area (Å²) in [7, 11) is 0. The highest BCUT2D eigenvalue weighted by Gasteiger charge is 2.24. The van der Waals surface area contributed by atoms with Gasteiger partial charge in [-0.05, 0) is 24.1 Å². The van der Waals surface area contributed by atoms with E-state index in [0.717, 1.165) is 30.2 Å². The Labute approximate surface area is 150 Å². The first kappa shape index (κ1) is 16.0. The van der Waals surface area contributed by atoms with Crippen LogP contribution in [0.15, 0.2) is 36.8 Å². The second-order valence-electron chi connectivity index (χ2n) is 6.02. The van der Waals surface area contributed by atoms with Crippen LogP contribution in [0.3, 0.4) is 0 Å². The number of fused-ring (bicyclic) bond motifs is 1. The molecule has 3 heterocycles. The summed E-state index contributed by atoms with van der Waals surface area (Å²) in [4.78, 5) is 29.4. The number of aryl methyl sites for hydroxylation is 1. The first-order valence-electron chi connectivity index (χ1n) is 8.44. The molecule has 7 heteroatoms. The summed E-state index contributed by atoms with van der Waals surface area (Å²) in [6.45, 7) is 5.08. The van der Waals surface area contributed by atoms with Gasteiger partial charge in [0.05, 0.1) is 16.4 Å². The van der Waals surface area contributed by atoms with Crippen molar-refractivity contribution in [3.63, 3.8) is 0 Å². The third-order valence-corrected chi connectivity index (χ3v) is 5.55. The van der Waals surface area contributed by atoms with Crippen molar-refractivity contribution in [3.8, 4) is 0 Å². The van der Waals surface area contributed by atoms with Gasteiger partial charge in [-0.3, -0.25) is 9.78 Å². The number of anilines is 1. The number of nitrogens with zero attached hydrogens (tertiary/aromatic N) is 5. The molecule has 0 atom stereocenters. The van der Waals surface area contributed by atoms with Crippen molar-refractivity contribution >= 4 is 32.6 Å². The van der Waals surface area contributed by atoms with Crippen LogP contribution in [0.2, 0.25) is 0 Å². The molecule has 128 valence electrons. The molecule has 25 heavy (non-hydrogen) atoms. The smallest absolute Gasteiger partial charge is 0.274 e. The predicted molar refractivity (Wildman–Crippen MR) is 99.1 cm³/mol. The quantitative estimate of drug-likeness (QED) is 0.724. The van der Waals surface area contributed by atoms with Crippen LogP contribution in [0, 0.1) is 0 Å². The molecule has 1 saturated heterocycles. The van der Waals surface area contributed by atoms with Gasteiger partial charge in [0.15, 0.2) is 5.13 Å². The van der Waals surface area contributed by atoms with Gasteiger partial charge < -0.3 is 9.80 Å². The Kier molecular flexibility index (Phi) is 4.31. The van der Waals surface area contributed by atoms with Gasteiger partial charge in [-0.15, -0.1) is 0 Å². The molecule has 0 N–H and O–H groups in total. The number of piperazine rings is 1. The van der Waals surface area contributed by atoms with Gasteiger partial charge in [-0.2, -0.15) is 0 Å². The highest BCUT2D eigenvalue weighted by atomic mass is 32.1. The second-order valence-corrected chi connectivity index (χ2v) is 7.03. The summed E-state index contributed by atoms with van der Waals surface area (Å²) < 4.78 is 1.23. The van der Waals surface area contributed by atoms with Crippen molar-refractivity contribution in [3.05, 3.63) is 48.0 Å². The molecule has 0 radical (unpaired) electrons. The lowest BCUT2D eigenvalue weighted by atomic mass is 10.2. The summed E-state index contributed by atoms with van der Waals surface area (Å²) in [5, 5.41) is 1.04. The van der Waals surface area contributed by atoms with Crippen molar-refractivity contribution in [1.82, 2.24) is 19.9 Å². The van der Waals surface area contributed by atoms with Crippen LogP contribution in [0.25, 0.3) is 10.2 Å². The molecule has 4 rings (SSSR count). The average Bonchev–Trinajstić information content (AvgIpc) is 3.11. The minimum Gasteiger partial charge on any atom is -0.345 e. The fraction of sp³-hybridized carbons (Fsp3) is 0.333. The predicted octanol–water partition coefficient (Wildman–Crippen LogP) is 2.61. The number of hydrogen-bond acceptors (Lipinski definition) is 6. The van der Waals surface area contributed by atoms with Crippen LogP contribution in [-0.4, -0.2) is 51.9 Å². The normalized spacial score (nSPS) is 14.9. The largest absolute Gasteiger partial charge is 0.345 e. The first-order chi connectivity index (χ1) is 12.2. The van der Waals surface area contributed by atoms with Crippen molar-refractivity contribution in [2.75, 3.05) is 31.1 Å². The minimum absolute atomic E-state index is 0.0513. The molecular formula is C18H19N5OS. The molecule has 6 nitrogen and oxygen atoms in total. The molecule has 1 fully saturated rings. The van der Waals surface area contributed by atoms with E-state index in [-0.39, 0.29) is 5.91 Å². The molecule has 0 aliphatic carbocycles. The van der Waals surface area contributed by atoms with Gasteiger partial charge in [0.25, 0.3) is 5.91 Å². The second kappa shape index (κ2) is 6.76. The number of aromatic nitrogens is 3. The Hall–Kier alpha value is -2.54. The van der Waals surface area contributed by atoms with Crippen molar-refractivity contribution in [1.29, 1.82) is 0 Å². The standard InChI is InChI=1S/C18H19N5OS/c1-2-13-3-4-14-16(11-13)25-18(21-14)23-9-7-22(8-10-23)17(24)15-12-19-5-6-20-15/h3-6,11-12H,2,7-10H2,1H3. The number of hydrogen-bond donors (Lipinski definition) is 0. The number of carbonyl (C=O) groups excluding carboxylic acids is 1. The van der Waals surface area contributed by atoms with E-state index in [4.69, 9.17) is 4.98 Å². The summed E-state index contributed by atoms with van der Waals surface area (Å²) in [6, 6.07) is 6.47. The van der Waals surface area contributed by atoms with Crippen LogP contribution in [0.1, 0.15) is 23.0 Å². The molecule has 1 aromatic carbocycles. The Morgan fingerprint density at radius 2 is 2.04 bits per heavy atom. The summed E-state index contributed by atoms with van der Waals surface area (Å²) >= 11 is 1.73. The van der Waals surface area contributed by atoms with Gasteiger partial charge in [0, 0.05) is 38.6 Å². The van der Waals surface area contributed by atoms with Crippen LogP contribution in [-0.2, 0) is 6.42 Å². The first-order valence-corrected chi connectivity index (χ1v) is 9.26. The Morgan fingerprint density at radius 3 is 2.76 bits per heavy atom. The Balaban J connectivity index is 1.46. The van der Waals surface area contributed by atoms with Gasteiger partial charge in [-0.1, -0.05) is 24.3 Å². The number of amides is 1. The molecule has 0 spiro atoms. The maximum absolute atomic E-state index is 12.4. The number of thiazole rings is 1. The van der Waals surface area contributed by atoms with Crippen molar-refractivity contribution in [2.45, 2.75) is 13.3 Å². The number of carbonyl (C=O) groups is 1. The van der Waals surface area contributed by atoms with E-state index in [9.17, 15) is 4.79 Å². The van der Waals surface area contributed by atoms with Crippen LogP contribution in [0.4, 0.5) is 5.13 Å². The van der Waals surface area contributed by atoms with E-state index in [1.807, 2.05) is 4.90 Å². The highest BCUT2D eigenvalue weighted by molar-refractivity contribution is 7.22. The lowest BCUT2D eigenvalue weighted by Gasteiger charge is -2.34. The topological polar surface area (TPSA) is 62.2 Å². The monoisotopic (exact) mass is 353 g/mol. The maximum atomic E-state index is 12.4. The summed E-state index contributed by atoms with van der Waals surface area (Å²) in [5.74, 6) is -0.0513. The lowest BCUT2D eigenvalue weighted by molar-refractivity contribution is 0.0740. The molecule has 3 aromatic rings. The van der Waals surface area contributed by atoms with Crippen LogP contribution in [0.5, 0.6) is 0 Å². The molecule has 1 aliphatic heterocycles. The lowest BCUT2D eigenvalue weighted by Crippen LogP contribution is -2.49.